The van der Waals surface area contributed by atoms with Crippen molar-refractivity contribution in [2.45, 2.75) is 11.4 Å². The Morgan fingerprint density at radius 3 is 2.69 bits per heavy atom. The molecule has 0 heterocycles. The van der Waals surface area contributed by atoms with Gasteiger partial charge in [0.2, 0.25) is 6.41 Å². The minimum Gasteiger partial charge on any atom is -0.495 e. The van der Waals surface area contributed by atoms with Gasteiger partial charge in [-0.1, -0.05) is 6.07 Å². The van der Waals surface area contributed by atoms with E-state index in [0.717, 1.165) is 0 Å². The first-order valence-electron chi connectivity index (χ1n) is 4.27. The number of benzene rings is 1. The van der Waals surface area contributed by atoms with Gasteiger partial charge in [0.05, 0.1) is 7.11 Å². The van der Waals surface area contributed by atoms with Gasteiger partial charge in [-0.25, -0.2) is 8.42 Å². The highest BCUT2D eigenvalue weighted by molar-refractivity contribution is 8.13. The van der Waals surface area contributed by atoms with E-state index in [1.165, 1.54) is 19.2 Å². The minimum absolute atomic E-state index is 0.109. The van der Waals surface area contributed by atoms with E-state index in [1.807, 2.05) is 0 Å². The Balaban J connectivity index is 3.16. The molecule has 0 bridgehead atoms. The second-order valence-electron chi connectivity index (χ2n) is 2.92. The number of rotatable bonds is 5. The molecule has 1 rings (SSSR count). The van der Waals surface area contributed by atoms with Crippen LogP contribution >= 0.6 is 10.7 Å². The number of hydrogen-bond donors (Lipinski definition) is 1. The summed E-state index contributed by atoms with van der Waals surface area (Å²) in [5.41, 5.74) is 0.618. The van der Waals surface area contributed by atoms with Crippen molar-refractivity contribution >= 4 is 26.1 Å². The van der Waals surface area contributed by atoms with Gasteiger partial charge in [0.1, 0.15) is 10.6 Å². The summed E-state index contributed by atoms with van der Waals surface area (Å²) in [4.78, 5) is 9.99. The highest BCUT2D eigenvalue weighted by Gasteiger charge is 2.16. The third kappa shape index (κ3) is 3.11. The maximum atomic E-state index is 11.2. The first kappa shape index (κ1) is 12.8. The zero-order valence-electron chi connectivity index (χ0n) is 8.44. The number of nitrogens with one attached hydrogen (secondary N) is 1. The van der Waals surface area contributed by atoms with E-state index in [-0.39, 0.29) is 17.2 Å². The van der Waals surface area contributed by atoms with E-state index in [4.69, 9.17) is 15.4 Å². The monoisotopic (exact) mass is 263 g/mol. The summed E-state index contributed by atoms with van der Waals surface area (Å²) >= 11 is 0. The van der Waals surface area contributed by atoms with Gasteiger partial charge in [-0.3, -0.25) is 4.79 Å². The average Bonchev–Trinajstić information content (AvgIpc) is 2.24. The maximum absolute atomic E-state index is 11.2. The van der Waals surface area contributed by atoms with Gasteiger partial charge in [-0.2, -0.15) is 0 Å². The fraction of sp³-hybridized carbons (Fsp3) is 0.222. The zero-order valence-corrected chi connectivity index (χ0v) is 10.0. The molecular weight excluding hydrogens is 254 g/mol. The molecule has 0 atom stereocenters. The zero-order chi connectivity index (χ0) is 12.2. The predicted molar refractivity (Wildman–Crippen MR) is 58.9 cm³/mol. The van der Waals surface area contributed by atoms with Crippen LogP contribution in [-0.4, -0.2) is 21.9 Å². The molecule has 0 aromatic heterocycles. The first-order valence-corrected chi connectivity index (χ1v) is 6.58. The molecule has 5 nitrogen and oxygen atoms in total. The van der Waals surface area contributed by atoms with Gasteiger partial charge >= 0.3 is 0 Å². The van der Waals surface area contributed by atoms with Crippen LogP contribution in [0, 0.1) is 0 Å². The Bertz CT molecular complexity index is 486. The molecule has 1 N–H and O–H groups in total. The van der Waals surface area contributed by atoms with Crippen LogP contribution in [0.2, 0.25) is 0 Å². The second-order valence-corrected chi connectivity index (χ2v) is 5.46. The molecule has 0 aliphatic heterocycles. The number of carbonyl (C=O) groups excluding carboxylic acids is 1. The summed E-state index contributed by atoms with van der Waals surface area (Å²) in [5, 5.41) is 2.42. The number of amides is 1. The van der Waals surface area contributed by atoms with Crippen LogP contribution in [0.4, 0.5) is 0 Å². The van der Waals surface area contributed by atoms with E-state index in [1.54, 1.807) is 6.07 Å². The molecule has 1 aromatic rings. The summed E-state index contributed by atoms with van der Waals surface area (Å²) < 4.78 is 27.3. The molecule has 0 aliphatic rings. The molecule has 0 fully saturated rings. The number of ether oxygens (including phenoxy) is 1. The smallest absolute Gasteiger partial charge is 0.264 e. The van der Waals surface area contributed by atoms with E-state index >= 15 is 0 Å². The van der Waals surface area contributed by atoms with E-state index in [0.29, 0.717) is 12.0 Å². The van der Waals surface area contributed by atoms with Gasteiger partial charge in [-0.15, -0.1) is 0 Å². The number of methoxy groups -OCH3 is 1. The van der Waals surface area contributed by atoms with Gasteiger partial charge in [0.25, 0.3) is 9.05 Å². The third-order valence-electron chi connectivity index (χ3n) is 1.88. The second kappa shape index (κ2) is 5.18. The van der Waals surface area contributed by atoms with Crippen LogP contribution in [0.25, 0.3) is 0 Å². The average molecular weight is 264 g/mol. The molecule has 7 heteroatoms. The van der Waals surface area contributed by atoms with Crippen molar-refractivity contribution in [1.29, 1.82) is 0 Å². The van der Waals surface area contributed by atoms with Crippen molar-refractivity contribution in [3.8, 4) is 5.75 Å². The lowest BCUT2D eigenvalue weighted by molar-refractivity contribution is -0.109. The molecule has 0 spiro atoms. The Morgan fingerprint density at radius 2 is 2.19 bits per heavy atom. The highest BCUT2D eigenvalue weighted by Crippen LogP contribution is 2.27. The lowest BCUT2D eigenvalue weighted by atomic mass is 10.2. The van der Waals surface area contributed by atoms with Crippen molar-refractivity contribution in [1.82, 2.24) is 5.32 Å². The highest BCUT2D eigenvalue weighted by atomic mass is 35.7. The number of carbonyl (C=O) groups is 1. The fourth-order valence-corrected chi connectivity index (χ4v) is 2.23. The summed E-state index contributed by atoms with van der Waals surface area (Å²) in [7, 11) is 2.74. The normalized spacial score (nSPS) is 10.9. The Kier molecular flexibility index (Phi) is 4.14. The maximum Gasteiger partial charge on any atom is 0.264 e. The van der Waals surface area contributed by atoms with Gasteiger partial charge in [0, 0.05) is 17.2 Å². The van der Waals surface area contributed by atoms with Crippen LogP contribution < -0.4 is 10.1 Å². The molecule has 0 saturated carbocycles. The molecule has 0 unspecified atom stereocenters. The lowest BCUT2D eigenvalue weighted by Gasteiger charge is -2.07. The van der Waals surface area contributed by atoms with Crippen LogP contribution in [0.15, 0.2) is 23.1 Å². The van der Waals surface area contributed by atoms with Gasteiger partial charge in [0.15, 0.2) is 0 Å². The topological polar surface area (TPSA) is 72.5 Å². The van der Waals surface area contributed by atoms with Crippen molar-refractivity contribution in [2.75, 3.05) is 7.11 Å². The minimum atomic E-state index is -3.86. The summed E-state index contributed by atoms with van der Waals surface area (Å²) in [6.07, 6.45) is 0.527. The molecule has 0 aliphatic carbocycles. The van der Waals surface area contributed by atoms with Crippen molar-refractivity contribution in [3.63, 3.8) is 0 Å². The lowest BCUT2D eigenvalue weighted by Crippen LogP contribution is -2.10. The van der Waals surface area contributed by atoms with Crippen molar-refractivity contribution in [3.05, 3.63) is 23.8 Å². The molecule has 1 amide bonds. The first-order chi connectivity index (χ1) is 7.49. The fourth-order valence-electron chi connectivity index (χ4n) is 1.18. The SMILES string of the molecule is COc1ccc(CNC=O)cc1S(=O)(=O)Cl. The van der Waals surface area contributed by atoms with Gasteiger partial charge in [-0.05, 0) is 17.7 Å². The standard InChI is InChI=1S/C9H10ClNO4S/c1-15-8-3-2-7(5-11-6-12)4-9(8)16(10,13)14/h2-4,6H,5H2,1H3,(H,11,12). The molecular formula is C9H10ClNO4S. The quantitative estimate of drug-likeness (QED) is 0.632. The van der Waals surface area contributed by atoms with Crippen molar-refractivity contribution < 1.29 is 17.9 Å². The molecule has 16 heavy (non-hydrogen) atoms. The molecule has 0 radical (unpaired) electrons. The van der Waals surface area contributed by atoms with Crippen molar-refractivity contribution in [2.24, 2.45) is 0 Å². The summed E-state index contributed by atoms with van der Waals surface area (Å²) in [5.74, 6) is 0.171. The van der Waals surface area contributed by atoms with Gasteiger partial charge < -0.3 is 10.1 Å². The van der Waals surface area contributed by atoms with Crippen LogP contribution in [0.1, 0.15) is 5.56 Å². The largest absolute Gasteiger partial charge is 0.495 e. The number of halogens is 1. The van der Waals surface area contributed by atoms with Crippen LogP contribution in [-0.2, 0) is 20.4 Å². The molecule has 0 saturated heterocycles. The summed E-state index contributed by atoms with van der Waals surface area (Å²) in [6.45, 7) is 0.229. The Morgan fingerprint density at radius 1 is 1.50 bits per heavy atom. The van der Waals surface area contributed by atoms with E-state index in [2.05, 4.69) is 5.32 Å². The van der Waals surface area contributed by atoms with Crippen LogP contribution in [0.3, 0.4) is 0 Å². The third-order valence-corrected chi connectivity index (χ3v) is 3.22. The van der Waals surface area contributed by atoms with E-state index in [9.17, 15) is 13.2 Å². The molecule has 1 aromatic carbocycles. The number of hydrogen-bond acceptors (Lipinski definition) is 4. The van der Waals surface area contributed by atoms with Crippen LogP contribution in [0.5, 0.6) is 5.75 Å². The van der Waals surface area contributed by atoms with E-state index < -0.39 is 9.05 Å². The Labute approximate surface area is 97.8 Å². The predicted octanol–water partition coefficient (Wildman–Crippen LogP) is 0.869. The summed E-state index contributed by atoms with van der Waals surface area (Å²) in [6, 6.07) is 4.48. The molecule has 88 valence electrons. The Hall–Kier alpha value is -1.27.